The smallest absolute Gasteiger partial charge is 0.325 e. The Labute approximate surface area is 176 Å². The SMILES string of the molecule is COC(=O)CNC(=O)C1CCC(NC(=O)CC2CCc3ccccc32)CC1.O=CO. The minimum Gasteiger partial charge on any atom is -0.483 e. The maximum absolute atomic E-state index is 12.5. The monoisotopic (exact) mass is 418 g/mol. The zero-order chi connectivity index (χ0) is 21.9. The molecule has 1 aromatic carbocycles. The van der Waals surface area contributed by atoms with Crippen LogP contribution in [0, 0.1) is 5.92 Å². The maximum Gasteiger partial charge on any atom is 0.325 e. The van der Waals surface area contributed by atoms with Crippen LogP contribution in [0.2, 0.25) is 0 Å². The molecule has 3 N–H and O–H groups in total. The van der Waals surface area contributed by atoms with E-state index in [1.165, 1.54) is 18.2 Å². The number of fused-ring (bicyclic) bond motifs is 1. The van der Waals surface area contributed by atoms with Gasteiger partial charge in [0, 0.05) is 18.4 Å². The molecule has 0 radical (unpaired) electrons. The third-order valence-corrected chi connectivity index (χ3v) is 5.79. The van der Waals surface area contributed by atoms with E-state index in [9.17, 15) is 14.4 Å². The molecule has 1 saturated carbocycles. The van der Waals surface area contributed by atoms with Gasteiger partial charge in [-0.2, -0.15) is 0 Å². The molecule has 1 unspecified atom stereocenters. The number of aryl methyl sites for hydroxylation is 1. The van der Waals surface area contributed by atoms with Crippen molar-refractivity contribution in [1.82, 2.24) is 10.6 Å². The molecule has 1 fully saturated rings. The summed E-state index contributed by atoms with van der Waals surface area (Å²) in [6.45, 7) is -0.338. The molecule has 0 spiro atoms. The van der Waals surface area contributed by atoms with E-state index in [2.05, 4.69) is 33.6 Å². The number of benzene rings is 1. The van der Waals surface area contributed by atoms with Crippen LogP contribution >= 0.6 is 0 Å². The van der Waals surface area contributed by atoms with Crippen LogP contribution in [0.4, 0.5) is 0 Å². The molecule has 0 heterocycles. The van der Waals surface area contributed by atoms with E-state index in [0.29, 0.717) is 12.3 Å². The van der Waals surface area contributed by atoms with E-state index in [-0.39, 0.29) is 36.8 Å². The first-order valence-electron chi connectivity index (χ1n) is 10.3. The van der Waals surface area contributed by atoms with E-state index in [1.54, 1.807) is 0 Å². The fourth-order valence-corrected chi connectivity index (χ4v) is 4.24. The van der Waals surface area contributed by atoms with Gasteiger partial charge in [0.1, 0.15) is 6.54 Å². The second kappa shape index (κ2) is 11.9. The highest BCUT2D eigenvalue weighted by Gasteiger charge is 2.29. The average Bonchev–Trinajstić information content (AvgIpc) is 3.15. The molecule has 8 nitrogen and oxygen atoms in total. The molecule has 30 heavy (non-hydrogen) atoms. The summed E-state index contributed by atoms with van der Waals surface area (Å²) in [7, 11) is 1.30. The molecule has 0 aliphatic heterocycles. The Kier molecular flexibility index (Phi) is 9.31. The number of hydrogen-bond donors (Lipinski definition) is 3. The van der Waals surface area contributed by atoms with Crippen molar-refractivity contribution in [1.29, 1.82) is 0 Å². The van der Waals surface area contributed by atoms with Gasteiger partial charge in [0.05, 0.1) is 7.11 Å². The lowest BCUT2D eigenvalue weighted by molar-refractivity contribution is -0.141. The lowest BCUT2D eigenvalue weighted by Crippen LogP contribution is -2.42. The third kappa shape index (κ3) is 6.86. The van der Waals surface area contributed by atoms with Crippen LogP contribution in [0.5, 0.6) is 0 Å². The van der Waals surface area contributed by atoms with Crippen molar-refractivity contribution in [3.8, 4) is 0 Å². The van der Waals surface area contributed by atoms with Crippen LogP contribution in [-0.2, 0) is 30.3 Å². The van der Waals surface area contributed by atoms with Crippen LogP contribution in [-0.4, -0.2) is 49.1 Å². The quantitative estimate of drug-likeness (QED) is 0.478. The number of rotatable bonds is 6. The van der Waals surface area contributed by atoms with Crippen molar-refractivity contribution in [2.75, 3.05) is 13.7 Å². The summed E-state index contributed by atoms with van der Waals surface area (Å²) >= 11 is 0. The van der Waals surface area contributed by atoms with Crippen LogP contribution in [0.15, 0.2) is 24.3 Å². The molecule has 1 atom stereocenters. The third-order valence-electron chi connectivity index (χ3n) is 5.79. The van der Waals surface area contributed by atoms with Gasteiger partial charge < -0.3 is 20.5 Å². The Bertz CT molecular complexity index is 743. The molecule has 2 amide bonds. The van der Waals surface area contributed by atoms with Crippen molar-refractivity contribution >= 4 is 24.3 Å². The van der Waals surface area contributed by atoms with Gasteiger partial charge in [0.15, 0.2) is 0 Å². The summed E-state index contributed by atoms with van der Waals surface area (Å²) in [4.78, 5) is 44.0. The summed E-state index contributed by atoms with van der Waals surface area (Å²) in [5.74, 6) is -0.216. The predicted octanol–water partition coefficient (Wildman–Crippen LogP) is 1.77. The van der Waals surface area contributed by atoms with Crippen LogP contribution < -0.4 is 10.6 Å². The van der Waals surface area contributed by atoms with E-state index in [4.69, 9.17) is 9.90 Å². The van der Waals surface area contributed by atoms with Gasteiger partial charge >= 0.3 is 5.97 Å². The van der Waals surface area contributed by atoms with Gasteiger partial charge in [-0.1, -0.05) is 24.3 Å². The lowest BCUT2D eigenvalue weighted by Gasteiger charge is -2.28. The average molecular weight is 418 g/mol. The largest absolute Gasteiger partial charge is 0.483 e. The summed E-state index contributed by atoms with van der Waals surface area (Å²) < 4.78 is 4.52. The second-order valence-corrected chi connectivity index (χ2v) is 7.65. The van der Waals surface area contributed by atoms with Crippen molar-refractivity contribution in [3.05, 3.63) is 35.4 Å². The molecule has 2 aliphatic carbocycles. The predicted molar refractivity (Wildman–Crippen MR) is 110 cm³/mol. The van der Waals surface area contributed by atoms with Gasteiger partial charge in [0.25, 0.3) is 6.47 Å². The van der Waals surface area contributed by atoms with E-state index < -0.39 is 5.97 Å². The number of carboxylic acid groups (broad SMARTS) is 1. The maximum atomic E-state index is 12.5. The van der Waals surface area contributed by atoms with Gasteiger partial charge in [-0.25, -0.2) is 0 Å². The molecule has 0 saturated heterocycles. The fraction of sp³-hybridized carbons (Fsp3) is 0.545. The van der Waals surface area contributed by atoms with Gasteiger partial charge in [-0.3, -0.25) is 19.2 Å². The number of carbonyl (C=O) groups excluding carboxylic acids is 3. The van der Waals surface area contributed by atoms with Crippen molar-refractivity contribution < 1.29 is 29.0 Å². The Balaban J connectivity index is 0.00000101. The number of nitrogens with one attached hydrogen (secondary N) is 2. The van der Waals surface area contributed by atoms with Crippen LogP contribution in [0.1, 0.15) is 55.6 Å². The fourth-order valence-electron chi connectivity index (χ4n) is 4.24. The Morgan fingerprint density at radius 2 is 1.80 bits per heavy atom. The first-order valence-corrected chi connectivity index (χ1v) is 10.3. The van der Waals surface area contributed by atoms with Gasteiger partial charge in [0.2, 0.25) is 11.8 Å². The van der Waals surface area contributed by atoms with E-state index >= 15 is 0 Å². The Morgan fingerprint density at radius 3 is 2.47 bits per heavy atom. The van der Waals surface area contributed by atoms with Crippen LogP contribution in [0.3, 0.4) is 0 Å². The minimum absolute atomic E-state index is 0.0884. The van der Waals surface area contributed by atoms with Crippen molar-refractivity contribution in [3.63, 3.8) is 0 Å². The highest BCUT2D eigenvalue weighted by Crippen LogP contribution is 2.35. The molecule has 1 aromatic rings. The molecule has 0 bridgehead atoms. The molecular formula is C22H30N2O6. The van der Waals surface area contributed by atoms with E-state index in [0.717, 1.165) is 38.5 Å². The summed E-state index contributed by atoms with van der Waals surface area (Å²) in [5, 5.41) is 12.7. The van der Waals surface area contributed by atoms with Gasteiger partial charge in [-0.15, -0.1) is 0 Å². The number of hydrogen-bond acceptors (Lipinski definition) is 5. The summed E-state index contributed by atoms with van der Waals surface area (Å²) in [6.07, 6.45) is 5.68. The molecule has 3 rings (SSSR count). The van der Waals surface area contributed by atoms with E-state index in [1.807, 2.05) is 6.07 Å². The molecular weight excluding hydrogens is 388 g/mol. The number of amides is 2. The molecule has 2 aliphatic rings. The number of ether oxygens (including phenoxy) is 1. The lowest BCUT2D eigenvalue weighted by atomic mass is 9.85. The van der Waals surface area contributed by atoms with Crippen molar-refractivity contribution in [2.45, 2.75) is 56.9 Å². The number of carbonyl (C=O) groups is 4. The summed E-state index contributed by atoms with van der Waals surface area (Å²) in [6, 6.07) is 8.53. The zero-order valence-electron chi connectivity index (χ0n) is 17.3. The molecule has 0 aromatic heterocycles. The highest BCUT2D eigenvalue weighted by atomic mass is 16.5. The Morgan fingerprint density at radius 1 is 1.13 bits per heavy atom. The molecule has 8 heteroatoms. The zero-order valence-corrected chi connectivity index (χ0v) is 17.3. The normalized spacial score (nSPS) is 22.0. The first kappa shape index (κ1) is 23.4. The first-order chi connectivity index (χ1) is 14.5. The number of methoxy groups -OCH3 is 1. The number of esters is 1. The summed E-state index contributed by atoms with van der Waals surface area (Å²) in [5.41, 5.74) is 2.69. The minimum atomic E-state index is -0.446. The van der Waals surface area contributed by atoms with Gasteiger partial charge in [-0.05, 0) is 55.6 Å². The highest BCUT2D eigenvalue weighted by molar-refractivity contribution is 5.83. The topological polar surface area (TPSA) is 122 Å². The second-order valence-electron chi connectivity index (χ2n) is 7.65. The Hall–Kier alpha value is -2.90. The van der Waals surface area contributed by atoms with Crippen LogP contribution in [0.25, 0.3) is 0 Å². The standard InChI is InChI=1S/C21H28N2O4.CH2O2/c1-27-20(25)13-22-21(26)15-8-10-17(11-9-15)23-19(24)12-16-7-6-14-4-2-3-5-18(14)16;2-1-3/h2-5,15-17H,6-13H2,1H3,(H,22,26)(H,23,24);1H,(H,2,3). The molecule has 164 valence electrons. The van der Waals surface area contributed by atoms with Crippen molar-refractivity contribution in [2.24, 2.45) is 5.92 Å².